The first-order valence-electron chi connectivity index (χ1n) is 12.0. The van der Waals surface area contributed by atoms with Crippen molar-refractivity contribution in [2.75, 3.05) is 5.32 Å². The van der Waals surface area contributed by atoms with Crippen molar-refractivity contribution in [1.29, 1.82) is 5.41 Å². The highest BCUT2D eigenvalue weighted by Crippen LogP contribution is 2.22. The van der Waals surface area contributed by atoms with E-state index < -0.39 is 5.92 Å². The van der Waals surface area contributed by atoms with Crippen LogP contribution in [0.15, 0.2) is 97.1 Å². The highest BCUT2D eigenvalue weighted by molar-refractivity contribution is 6.06. The molecule has 0 spiro atoms. The van der Waals surface area contributed by atoms with E-state index in [-0.39, 0.29) is 23.7 Å². The van der Waals surface area contributed by atoms with Crippen molar-refractivity contribution in [1.82, 2.24) is 5.32 Å². The van der Waals surface area contributed by atoms with Crippen LogP contribution in [0.1, 0.15) is 36.1 Å². The summed E-state index contributed by atoms with van der Waals surface area (Å²) in [7, 11) is 0. The van der Waals surface area contributed by atoms with Crippen molar-refractivity contribution in [2.45, 2.75) is 25.8 Å². The molecule has 4 aromatic carbocycles. The van der Waals surface area contributed by atoms with E-state index in [1.807, 2.05) is 67.6 Å². The van der Waals surface area contributed by atoms with E-state index in [0.717, 1.165) is 21.9 Å². The second kappa shape index (κ2) is 11.3. The second-order valence-electron chi connectivity index (χ2n) is 8.89. The summed E-state index contributed by atoms with van der Waals surface area (Å²) in [5, 5.41) is 15.7. The number of hydrogen-bond donors (Lipinski definition) is 4. The highest BCUT2D eigenvalue weighted by Gasteiger charge is 2.28. The molecule has 0 aliphatic carbocycles. The Hall–Kier alpha value is -4.45. The van der Waals surface area contributed by atoms with Crippen LogP contribution >= 0.6 is 0 Å². The van der Waals surface area contributed by atoms with Gasteiger partial charge in [-0.25, -0.2) is 0 Å². The number of amidine groups is 1. The summed E-state index contributed by atoms with van der Waals surface area (Å²) >= 11 is 0. The number of rotatable bonds is 9. The number of amides is 2. The van der Waals surface area contributed by atoms with Gasteiger partial charge in [0.05, 0.1) is 6.04 Å². The minimum absolute atomic E-state index is 0.0457. The maximum Gasteiger partial charge on any atom is 0.236 e. The van der Waals surface area contributed by atoms with Crippen LogP contribution in [0, 0.1) is 11.3 Å². The number of nitrogen functional groups attached to an aromatic ring is 1. The molecule has 1 unspecified atom stereocenters. The van der Waals surface area contributed by atoms with Gasteiger partial charge in [0.2, 0.25) is 11.8 Å². The van der Waals surface area contributed by atoms with Crippen LogP contribution < -0.4 is 16.4 Å². The average Bonchev–Trinajstić information content (AvgIpc) is 2.89. The number of hydrogen-bond acceptors (Lipinski definition) is 3. The van der Waals surface area contributed by atoms with Crippen LogP contribution in [0.2, 0.25) is 0 Å². The molecule has 6 nitrogen and oxygen atoms in total. The molecule has 0 radical (unpaired) electrons. The summed E-state index contributed by atoms with van der Waals surface area (Å²) in [4.78, 5) is 26.6. The van der Waals surface area contributed by atoms with Crippen LogP contribution in [0.5, 0.6) is 0 Å². The van der Waals surface area contributed by atoms with E-state index in [1.165, 1.54) is 0 Å². The predicted octanol–water partition coefficient (Wildman–Crippen LogP) is 5.19. The Morgan fingerprint density at radius 2 is 1.50 bits per heavy atom. The van der Waals surface area contributed by atoms with Gasteiger partial charge in [-0.05, 0) is 72.0 Å². The first-order chi connectivity index (χ1) is 17.4. The van der Waals surface area contributed by atoms with Gasteiger partial charge in [-0.15, -0.1) is 0 Å². The molecule has 6 heteroatoms. The lowest BCUT2D eigenvalue weighted by atomic mass is 9.96. The number of carbonyl (C=O) groups excluding carboxylic acids is 2. The molecule has 0 bridgehead atoms. The lowest BCUT2D eigenvalue weighted by molar-refractivity contribution is -0.133. The molecule has 0 fully saturated rings. The van der Waals surface area contributed by atoms with Crippen LogP contribution in [-0.4, -0.2) is 17.6 Å². The van der Waals surface area contributed by atoms with Crippen LogP contribution in [0.25, 0.3) is 10.8 Å². The quantitative estimate of drug-likeness (QED) is 0.151. The molecule has 0 aliphatic rings. The van der Waals surface area contributed by atoms with Gasteiger partial charge in [-0.3, -0.25) is 15.0 Å². The Morgan fingerprint density at radius 3 is 2.19 bits per heavy atom. The summed E-state index contributed by atoms with van der Waals surface area (Å²) in [6.07, 6.45) is 0.970. The Morgan fingerprint density at radius 1 is 0.833 bits per heavy atom. The van der Waals surface area contributed by atoms with Gasteiger partial charge < -0.3 is 16.4 Å². The molecule has 4 rings (SSSR count). The van der Waals surface area contributed by atoms with Crippen molar-refractivity contribution in [3.63, 3.8) is 0 Å². The molecule has 0 heterocycles. The summed E-state index contributed by atoms with van der Waals surface area (Å²) in [5.74, 6) is -1.61. The largest absolute Gasteiger partial charge is 0.384 e. The molecular formula is C30H30N4O2. The molecule has 182 valence electrons. The fourth-order valence-electron chi connectivity index (χ4n) is 4.17. The average molecular weight is 479 g/mol. The number of benzene rings is 4. The van der Waals surface area contributed by atoms with Gasteiger partial charge >= 0.3 is 0 Å². The molecule has 0 saturated carbocycles. The molecular weight excluding hydrogens is 448 g/mol. The fourth-order valence-corrected chi connectivity index (χ4v) is 4.17. The fraction of sp³-hybridized carbons (Fsp3) is 0.167. The Kier molecular flexibility index (Phi) is 7.75. The Labute approximate surface area is 211 Å². The maximum absolute atomic E-state index is 13.4. The SMILES string of the molecule is C[C@@H](NC(=O)C(CCc1ccccc1)C(=O)Nc1ccc(C(=N)N)cc1)c1ccc2ccccc2c1. The Balaban J connectivity index is 1.50. The third-order valence-electron chi connectivity index (χ3n) is 6.29. The van der Waals surface area contributed by atoms with Crippen LogP contribution in [0.4, 0.5) is 5.69 Å². The van der Waals surface area contributed by atoms with E-state index in [4.69, 9.17) is 11.1 Å². The van der Waals surface area contributed by atoms with E-state index in [0.29, 0.717) is 24.1 Å². The summed E-state index contributed by atoms with van der Waals surface area (Å²) in [5.41, 5.74) is 8.67. The lowest BCUT2D eigenvalue weighted by Crippen LogP contribution is -2.39. The summed E-state index contributed by atoms with van der Waals surface area (Å²) < 4.78 is 0. The van der Waals surface area contributed by atoms with Gasteiger partial charge in [-0.1, -0.05) is 66.7 Å². The molecule has 2 atom stereocenters. The number of anilines is 1. The van der Waals surface area contributed by atoms with Crippen molar-refractivity contribution in [2.24, 2.45) is 11.7 Å². The molecule has 0 aliphatic heterocycles. The predicted molar refractivity (Wildman–Crippen MR) is 145 cm³/mol. The van der Waals surface area contributed by atoms with Gasteiger partial charge in [0.15, 0.2) is 0 Å². The number of nitrogens with two attached hydrogens (primary N) is 1. The third-order valence-corrected chi connectivity index (χ3v) is 6.29. The zero-order chi connectivity index (χ0) is 25.5. The second-order valence-corrected chi connectivity index (χ2v) is 8.89. The van der Waals surface area contributed by atoms with Crippen molar-refractivity contribution < 1.29 is 9.59 Å². The smallest absolute Gasteiger partial charge is 0.236 e. The molecule has 36 heavy (non-hydrogen) atoms. The maximum atomic E-state index is 13.4. The summed E-state index contributed by atoms with van der Waals surface area (Å²) in [6, 6.07) is 30.4. The minimum atomic E-state index is -0.874. The third kappa shape index (κ3) is 6.16. The van der Waals surface area contributed by atoms with Crippen molar-refractivity contribution in [3.8, 4) is 0 Å². The van der Waals surface area contributed by atoms with Crippen molar-refractivity contribution in [3.05, 3.63) is 114 Å². The van der Waals surface area contributed by atoms with Gasteiger partial charge in [0, 0.05) is 11.3 Å². The number of carbonyl (C=O) groups is 2. The lowest BCUT2D eigenvalue weighted by Gasteiger charge is -2.21. The van der Waals surface area contributed by atoms with E-state index in [9.17, 15) is 9.59 Å². The van der Waals surface area contributed by atoms with Crippen molar-refractivity contribution >= 4 is 34.1 Å². The van der Waals surface area contributed by atoms with Gasteiger partial charge in [0.25, 0.3) is 0 Å². The zero-order valence-corrected chi connectivity index (χ0v) is 20.2. The summed E-state index contributed by atoms with van der Waals surface area (Å²) in [6.45, 7) is 1.93. The van der Waals surface area contributed by atoms with E-state index >= 15 is 0 Å². The zero-order valence-electron chi connectivity index (χ0n) is 20.2. The van der Waals surface area contributed by atoms with E-state index in [2.05, 4.69) is 22.8 Å². The van der Waals surface area contributed by atoms with Gasteiger partial charge in [0.1, 0.15) is 11.8 Å². The molecule has 0 saturated heterocycles. The minimum Gasteiger partial charge on any atom is -0.384 e. The first-order valence-corrected chi connectivity index (χ1v) is 12.0. The molecule has 0 aromatic heterocycles. The van der Waals surface area contributed by atoms with Gasteiger partial charge in [-0.2, -0.15) is 0 Å². The van der Waals surface area contributed by atoms with E-state index in [1.54, 1.807) is 24.3 Å². The standard InChI is InChI=1S/C30H30N4O2/c1-20(24-13-12-22-9-5-6-10-25(22)19-24)33-29(35)27(18-11-21-7-3-2-4-8-21)30(36)34-26-16-14-23(15-17-26)28(31)32/h2-10,12-17,19-20,27H,11,18H2,1H3,(H3,31,32)(H,33,35)(H,34,36)/t20-,27?/m1/s1. The molecule has 5 N–H and O–H groups in total. The highest BCUT2D eigenvalue weighted by atomic mass is 16.2. The Bertz CT molecular complexity index is 1370. The molecule has 4 aromatic rings. The number of aryl methyl sites for hydroxylation is 1. The van der Waals surface area contributed by atoms with Crippen LogP contribution in [-0.2, 0) is 16.0 Å². The number of nitrogens with one attached hydrogen (secondary N) is 3. The number of fused-ring (bicyclic) bond motifs is 1. The topological polar surface area (TPSA) is 108 Å². The monoisotopic (exact) mass is 478 g/mol. The normalized spacial score (nSPS) is 12.5. The first kappa shape index (κ1) is 24.7. The van der Waals surface area contributed by atoms with Crippen LogP contribution in [0.3, 0.4) is 0 Å². The molecule has 2 amide bonds.